The molecule has 122 valence electrons. The molecule has 1 aliphatic heterocycles. The lowest BCUT2D eigenvalue weighted by Gasteiger charge is -2.31. The molecule has 1 aromatic carbocycles. The topological polar surface area (TPSA) is 52.5 Å². The summed E-state index contributed by atoms with van der Waals surface area (Å²) in [6.07, 6.45) is 1.72. The maximum atomic E-state index is 13.3. The predicted molar refractivity (Wildman–Crippen MR) is 86.7 cm³/mol. The minimum Gasteiger partial charge on any atom is -0.387 e. The third-order valence-electron chi connectivity index (χ3n) is 4.15. The Morgan fingerprint density at radius 3 is 2.91 bits per heavy atom. The van der Waals surface area contributed by atoms with Crippen molar-refractivity contribution in [1.29, 1.82) is 0 Å². The highest BCUT2D eigenvalue weighted by atomic mass is 19.1. The molecule has 0 amide bonds. The molecule has 1 aromatic heterocycles. The van der Waals surface area contributed by atoms with Crippen molar-refractivity contribution in [3.05, 3.63) is 53.2 Å². The summed E-state index contributed by atoms with van der Waals surface area (Å²) in [5.41, 5.74) is 2.78. The van der Waals surface area contributed by atoms with Gasteiger partial charge in [0.05, 0.1) is 11.8 Å². The van der Waals surface area contributed by atoms with Gasteiger partial charge in [-0.3, -0.25) is 4.90 Å². The molecule has 1 atom stereocenters. The van der Waals surface area contributed by atoms with E-state index in [1.165, 1.54) is 12.1 Å². The highest BCUT2D eigenvalue weighted by Crippen LogP contribution is 2.26. The van der Waals surface area contributed by atoms with Crippen LogP contribution in [0.2, 0.25) is 0 Å². The lowest BCUT2D eigenvalue weighted by molar-refractivity contribution is 0.105. The predicted octanol–water partition coefficient (Wildman–Crippen LogP) is 1.77. The van der Waals surface area contributed by atoms with E-state index < -0.39 is 6.10 Å². The molecule has 1 N–H and O–H groups in total. The number of benzene rings is 1. The fourth-order valence-corrected chi connectivity index (χ4v) is 2.99. The molecule has 6 heteroatoms. The summed E-state index contributed by atoms with van der Waals surface area (Å²) < 4.78 is 13.3. The van der Waals surface area contributed by atoms with Crippen LogP contribution in [0.25, 0.3) is 0 Å². The van der Waals surface area contributed by atoms with E-state index in [0.717, 1.165) is 30.0 Å². The molecule has 0 saturated heterocycles. The van der Waals surface area contributed by atoms with Gasteiger partial charge in [0.2, 0.25) is 0 Å². The third-order valence-corrected chi connectivity index (χ3v) is 4.15. The summed E-state index contributed by atoms with van der Waals surface area (Å²) in [6, 6.07) is 6.14. The molecule has 0 bridgehead atoms. The zero-order valence-corrected chi connectivity index (χ0v) is 13.4. The van der Waals surface area contributed by atoms with Gasteiger partial charge in [-0.1, -0.05) is 12.1 Å². The molecule has 0 spiro atoms. The van der Waals surface area contributed by atoms with Gasteiger partial charge in [0, 0.05) is 45.7 Å². The molecule has 0 saturated carbocycles. The van der Waals surface area contributed by atoms with E-state index in [1.807, 2.05) is 19.0 Å². The van der Waals surface area contributed by atoms with Crippen LogP contribution in [0.15, 0.2) is 30.6 Å². The molecule has 3 rings (SSSR count). The second-order valence-corrected chi connectivity index (χ2v) is 6.07. The number of fused-ring (bicyclic) bond motifs is 1. The van der Waals surface area contributed by atoms with E-state index in [-0.39, 0.29) is 5.82 Å². The second-order valence-electron chi connectivity index (χ2n) is 6.07. The molecule has 0 radical (unpaired) electrons. The van der Waals surface area contributed by atoms with Crippen molar-refractivity contribution in [3.8, 4) is 0 Å². The Morgan fingerprint density at radius 1 is 1.35 bits per heavy atom. The van der Waals surface area contributed by atoms with Gasteiger partial charge in [-0.05, 0) is 17.7 Å². The highest BCUT2D eigenvalue weighted by Gasteiger charge is 2.23. The van der Waals surface area contributed by atoms with Gasteiger partial charge >= 0.3 is 0 Å². The molecular formula is C17H21FN4O. The van der Waals surface area contributed by atoms with E-state index in [4.69, 9.17) is 0 Å². The van der Waals surface area contributed by atoms with E-state index >= 15 is 0 Å². The second kappa shape index (κ2) is 6.60. The maximum absolute atomic E-state index is 13.3. The van der Waals surface area contributed by atoms with Gasteiger partial charge in [-0.15, -0.1) is 0 Å². The first-order valence-electron chi connectivity index (χ1n) is 7.70. The Morgan fingerprint density at radius 2 is 2.17 bits per heavy atom. The van der Waals surface area contributed by atoms with Crippen LogP contribution in [0.5, 0.6) is 0 Å². The highest BCUT2D eigenvalue weighted by molar-refractivity contribution is 5.48. The number of aliphatic hydroxyl groups excluding tert-OH is 1. The van der Waals surface area contributed by atoms with Crippen LogP contribution in [-0.2, 0) is 13.0 Å². The largest absolute Gasteiger partial charge is 0.387 e. The van der Waals surface area contributed by atoms with Gasteiger partial charge in [-0.2, -0.15) is 0 Å². The Bertz CT molecular complexity index is 692. The molecule has 2 heterocycles. The van der Waals surface area contributed by atoms with Crippen molar-refractivity contribution in [2.24, 2.45) is 0 Å². The van der Waals surface area contributed by atoms with Crippen molar-refractivity contribution in [2.45, 2.75) is 19.1 Å². The van der Waals surface area contributed by atoms with Gasteiger partial charge in [0.25, 0.3) is 0 Å². The van der Waals surface area contributed by atoms with Crippen molar-refractivity contribution < 1.29 is 9.50 Å². The smallest absolute Gasteiger partial charge is 0.136 e. The number of hydrogen-bond donors (Lipinski definition) is 1. The molecule has 0 fully saturated rings. The first kappa shape index (κ1) is 15.8. The number of aromatic nitrogens is 2. The first-order chi connectivity index (χ1) is 11.0. The summed E-state index contributed by atoms with van der Waals surface area (Å²) >= 11 is 0. The van der Waals surface area contributed by atoms with Crippen molar-refractivity contribution >= 4 is 5.82 Å². The number of rotatable bonds is 4. The van der Waals surface area contributed by atoms with Crippen LogP contribution in [0.3, 0.4) is 0 Å². The quantitative estimate of drug-likeness (QED) is 0.932. The van der Waals surface area contributed by atoms with Crippen LogP contribution >= 0.6 is 0 Å². The standard InChI is InChI=1S/C17H21FN4O/c1-21(2)17-14-9-22(7-6-15(14)19-11-20-17)10-16(23)12-4-3-5-13(18)8-12/h3-5,8,11,16,23H,6-7,9-10H2,1-2H3/t16-/m0/s1. The number of aliphatic hydroxyl groups is 1. The minimum atomic E-state index is -0.709. The summed E-state index contributed by atoms with van der Waals surface area (Å²) in [5, 5.41) is 10.4. The van der Waals surface area contributed by atoms with Crippen LogP contribution in [0.1, 0.15) is 22.9 Å². The molecule has 1 aliphatic rings. The molecular weight excluding hydrogens is 295 g/mol. The van der Waals surface area contributed by atoms with E-state index in [2.05, 4.69) is 14.9 Å². The summed E-state index contributed by atoms with van der Waals surface area (Å²) in [4.78, 5) is 12.9. The molecule has 23 heavy (non-hydrogen) atoms. The van der Waals surface area contributed by atoms with Gasteiger partial charge in [-0.25, -0.2) is 14.4 Å². The number of halogens is 1. The summed E-state index contributed by atoms with van der Waals surface area (Å²) in [6.45, 7) is 1.98. The van der Waals surface area contributed by atoms with Gasteiger partial charge in [0.1, 0.15) is 18.0 Å². The zero-order chi connectivity index (χ0) is 16.4. The zero-order valence-electron chi connectivity index (χ0n) is 13.4. The Hall–Kier alpha value is -2.05. The average Bonchev–Trinajstić information content (AvgIpc) is 2.54. The SMILES string of the molecule is CN(C)c1ncnc2c1CN(C[C@H](O)c1cccc(F)c1)CC2. The third kappa shape index (κ3) is 3.48. The summed E-state index contributed by atoms with van der Waals surface area (Å²) in [7, 11) is 3.92. The first-order valence-corrected chi connectivity index (χ1v) is 7.70. The van der Waals surface area contributed by atoms with Gasteiger partial charge < -0.3 is 10.0 Å². The lowest BCUT2D eigenvalue weighted by atomic mass is 10.0. The maximum Gasteiger partial charge on any atom is 0.136 e. The molecule has 5 nitrogen and oxygen atoms in total. The Kier molecular flexibility index (Phi) is 4.54. The lowest BCUT2D eigenvalue weighted by Crippen LogP contribution is -2.35. The number of anilines is 1. The average molecular weight is 316 g/mol. The fourth-order valence-electron chi connectivity index (χ4n) is 2.99. The molecule has 0 unspecified atom stereocenters. The van der Waals surface area contributed by atoms with Crippen LogP contribution in [-0.4, -0.2) is 47.2 Å². The Labute approximate surface area is 135 Å². The van der Waals surface area contributed by atoms with E-state index in [9.17, 15) is 9.50 Å². The normalized spacial score (nSPS) is 16.0. The summed E-state index contributed by atoms with van der Waals surface area (Å²) in [5.74, 6) is 0.591. The van der Waals surface area contributed by atoms with Gasteiger partial charge in [0.15, 0.2) is 0 Å². The number of β-amino-alcohol motifs (C(OH)–C–C–N with tert-alkyl or cyclic N) is 1. The van der Waals surface area contributed by atoms with E-state index in [1.54, 1.807) is 18.5 Å². The molecule has 2 aromatic rings. The Balaban J connectivity index is 1.74. The monoisotopic (exact) mass is 316 g/mol. The van der Waals surface area contributed by atoms with Crippen molar-refractivity contribution in [2.75, 3.05) is 32.1 Å². The van der Waals surface area contributed by atoms with Crippen LogP contribution in [0.4, 0.5) is 10.2 Å². The number of nitrogens with zero attached hydrogens (tertiary/aromatic N) is 4. The molecule has 0 aliphatic carbocycles. The van der Waals surface area contributed by atoms with Crippen LogP contribution in [0, 0.1) is 5.82 Å². The number of hydrogen-bond acceptors (Lipinski definition) is 5. The van der Waals surface area contributed by atoms with Crippen molar-refractivity contribution in [3.63, 3.8) is 0 Å². The van der Waals surface area contributed by atoms with E-state index in [0.29, 0.717) is 18.7 Å². The van der Waals surface area contributed by atoms with Crippen molar-refractivity contribution in [1.82, 2.24) is 14.9 Å². The van der Waals surface area contributed by atoms with Crippen LogP contribution < -0.4 is 4.90 Å². The fraction of sp³-hybridized carbons (Fsp3) is 0.412. The minimum absolute atomic E-state index is 0.325.